The van der Waals surface area contributed by atoms with E-state index in [4.69, 9.17) is 14.2 Å². The number of nitrogens with one attached hydrogen (secondary N) is 1. The van der Waals surface area contributed by atoms with Gasteiger partial charge in [-0.25, -0.2) is 0 Å². The van der Waals surface area contributed by atoms with E-state index < -0.39 is 67.4 Å². The van der Waals surface area contributed by atoms with Crippen molar-refractivity contribution in [1.29, 1.82) is 0 Å². The maximum Gasteiger partial charge on any atom is 0.306 e. The van der Waals surface area contributed by atoms with Gasteiger partial charge in [-0.15, -0.1) is 0 Å². The molecule has 0 aromatic heterocycles. The van der Waals surface area contributed by atoms with Crippen molar-refractivity contribution in [2.45, 2.75) is 423 Å². The van der Waals surface area contributed by atoms with Crippen molar-refractivity contribution in [3.63, 3.8) is 0 Å². The molecular weight excluding hydrogens is 1130 g/mol. The number of carbonyl (C=O) groups is 2. The van der Waals surface area contributed by atoms with Crippen molar-refractivity contribution in [3.8, 4) is 0 Å². The van der Waals surface area contributed by atoms with Crippen molar-refractivity contribution < 1.29 is 49.3 Å². The molecule has 0 aliphatic carbocycles. The molecule has 1 heterocycles. The van der Waals surface area contributed by atoms with Gasteiger partial charge in [0.1, 0.15) is 24.4 Å². The average Bonchev–Trinajstić information content (AvgIpc) is 1.01. The number of carbonyl (C=O) groups excluding carboxylic acids is 2. The van der Waals surface area contributed by atoms with Gasteiger partial charge in [0.15, 0.2) is 12.4 Å². The van der Waals surface area contributed by atoms with Crippen molar-refractivity contribution in [3.05, 3.63) is 60.8 Å². The van der Waals surface area contributed by atoms with Crippen LogP contribution in [0.15, 0.2) is 60.8 Å². The molecule has 0 aromatic rings. The van der Waals surface area contributed by atoms with Crippen LogP contribution in [-0.4, -0.2) is 99.6 Å². The average molecular weight is 1280 g/mol. The fourth-order valence-electron chi connectivity index (χ4n) is 12.3. The van der Waals surface area contributed by atoms with Gasteiger partial charge >= 0.3 is 5.97 Å². The van der Waals surface area contributed by atoms with Crippen LogP contribution in [0.2, 0.25) is 0 Å². The van der Waals surface area contributed by atoms with Crippen LogP contribution < -0.4 is 5.32 Å². The number of esters is 1. The molecule has 1 aliphatic heterocycles. The van der Waals surface area contributed by atoms with E-state index in [0.29, 0.717) is 19.3 Å². The largest absolute Gasteiger partial charge is 0.454 e. The van der Waals surface area contributed by atoms with Crippen molar-refractivity contribution in [2.24, 2.45) is 0 Å². The zero-order valence-corrected chi connectivity index (χ0v) is 59.5. The number of rotatable bonds is 68. The lowest BCUT2D eigenvalue weighted by atomic mass is 9.99. The van der Waals surface area contributed by atoms with Gasteiger partial charge in [0.2, 0.25) is 5.91 Å². The van der Waals surface area contributed by atoms with Crippen LogP contribution in [0.3, 0.4) is 0 Å². The highest BCUT2D eigenvalue weighted by atomic mass is 16.7. The summed E-state index contributed by atoms with van der Waals surface area (Å²) < 4.78 is 17.7. The van der Waals surface area contributed by atoms with Crippen LogP contribution >= 0.6 is 0 Å². The summed E-state index contributed by atoms with van der Waals surface area (Å²) in [6.45, 7) is 5.82. The molecule has 11 nitrogen and oxygen atoms in total. The second-order valence-electron chi connectivity index (χ2n) is 27.1. The van der Waals surface area contributed by atoms with Crippen LogP contribution in [0.4, 0.5) is 0 Å². The first-order valence-corrected chi connectivity index (χ1v) is 39.1. The number of aliphatic hydroxyl groups is 5. The Morgan fingerprint density at radius 1 is 0.429 bits per heavy atom. The molecule has 0 bridgehead atoms. The molecule has 532 valence electrons. The summed E-state index contributed by atoms with van der Waals surface area (Å²) in [6.07, 6.45) is 77.0. The van der Waals surface area contributed by atoms with E-state index >= 15 is 0 Å². The molecule has 1 aliphatic rings. The van der Waals surface area contributed by atoms with Crippen molar-refractivity contribution >= 4 is 11.9 Å². The molecule has 1 saturated heterocycles. The zero-order valence-electron chi connectivity index (χ0n) is 59.5. The molecule has 6 N–H and O–H groups in total. The minimum atomic E-state index is -1.62. The van der Waals surface area contributed by atoms with E-state index in [1.807, 2.05) is 6.08 Å². The van der Waals surface area contributed by atoms with E-state index in [1.54, 1.807) is 6.08 Å². The van der Waals surface area contributed by atoms with Crippen LogP contribution in [0.1, 0.15) is 374 Å². The summed E-state index contributed by atoms with van der Waals surface area (Å²) in [5, 5.41) is 57.4. The molecule has 1 fully saturated rings. The van der Waals surface area contributed by atoms with Crippen LogP contribution in [0.25, 0.3) is 0 Å². The van der Waals surface area contributed by atoms with E-state index in [9.17, 15) is 35.1 Å². The van der Waals surface area contributed by atoms with Gasteiger partial charge in [-0.05, 0) is 70.6 Å². The zero-order chi connectivity index (χ0) is 66.0. The number of allylic oxidation sites excluding steroid dienone is 9. The minimum absolute atomic E-state index is 0.112. The standard InChI is InChI=1S/C80H147NO10/c1-4-7-10-13-16-19-22-25-27-29-31-33-35-36-37-39-40-42-44-46-49-52-55-58-61-64-67-73(84)79(88)81-71(72(83)66-63-60-57-54-51-48-24-21-18-15-12-9-6-3)70-89-80-78(77(87)76(86)74(69-82)90-80)91-75(85)68-65-62-59-56-53-50-47-45-43-41-38-34-32-30-28-26-23-20-17-14-11-8-5-2/h17,20,26,28,32,34,41,43,63,66,71-74,76-78,80,82-84,86-87H,4-16,18-19,21-25,27,29-31,33,35-40,42,44-62,64-65,67-70H2,1-3H3,(H,81,88)/b20-17-,28-26-,34-32-,43-41-,66-63+. The Labute approximate surface area is 560 Å². The molecule has 1 amide bonds. The predicted molar refractivity (Wildman–Crippen MR) is 384 cm³/mol. The molecular formula is C80H147NO10. The van der Waals surface area contributed by atoms with Gasteiger partial charge in [-0.2, -0.15) is 0 Å². The number of amides is 1. The van der Waals surface area contributed by atoms with Gasteiger partial charge in [0, 0.05) is 6.42 Å². The van der Waals surface area contributed by atoms with Crippen molar-refractivity contribution in [1.82, 2.24) is 5.32 Å². The van der Waals surface area contributed by atoms with Gasteiger partial charge < -0.3 is 45.1 Å². The maximum absolute atomic E-state index is 13.5. The summed E-state index contributed by atoms with van der Waals surface area (Å²) >= 11 is 0. The topological polar surface area (TPSA) is 175 Å². The summed E-state index contributed by atoms with van der Waals surface area (Å²) in [6, 6.07) is -1.03. The van der Waals surface area contributed by atoms with Crippen LogP contribution in [-0.2, 0) is 23.8 Å². The Bertz CT molecular complexity index is 1720. The number of hydrogen-bond acceptors (Lipinski definition) is 10. The fraction of sp³-hybridized carbons (Fsp3) is 0.850. The lowest BCUT2D eigenvalue weighted by molar-refractivity contribution is -0.305. The van der Waals surface area contributed by atoms with Gasteiger partial charge in [0.25, 0.3) is 0 Å². The Hall–Kier alpha value is -2.64. The molecule has 11 heteroatoms. The molecule has 8 unspecified atom stereocenters. The predicted octanol–water partition coefficient (Wildman–Crippen LogP) is 20.9. The third-order valence-electron chi connectivity index (χ3n) is 18.4. The quantitative estimate of drug-likeness (QED) is 0.0195. The smallest absolute Gasteiger partial charge is 0.306 e. The Kier molecular flexibility index (Phi) is 63.9. The van der Waals surface area contributed by atoms with Gasteiger partial charge in [-0.3, -0.25) is 9.59 Å². The molecule has 0 spiro atoms. The van der Waals surface area contributed by atoms with Gasteiger partial charge in [0.05, 0.1) is 25.4 Å². The molecule has 8 atom stereocenters. The Morgan fingerprint density at radius 2 is 0.758 bits per heavy atom. The summed E-state index contributed by atoms with van der Waals surface area (Å²) in [5.74, 6) is -1.19. The molecule has 91 heavy (non-hydrogen) atoms. The first kappa shape index (κ1) is 86.4. The molecule has 1 rings (SSSR count). The van der Waals surface area contributed by atoms with Crippen molar-refractivity contribution in [2.75, 3.05) is 13.2 Å². The molecule has 0 saturated carbocycles. The van der Waals surface area contributed by atoms with Gasteiger partial charge in [-0.1, -0.05) is 358 Å². The lowest BCUT2D eigenvalue weighted by Gasteiger charge is -2.41. The third-order valence-corrected chi connectivity index (χ3v) is 18.4. The number of aliphatic hydroxyl groups excluding tert-OH is 5. The van der Waals surface area contributed by atoms with E-state index in [-0.39, 0.29) is 13.0 Å². The first-order chi connectivity index (χ1) is 44.7. The fourth-order valence-corrected chi connectivity index (χ4v) is 12.3. The molecule has 0 radical (unpaired) electrons. The number of unbranched alkanes of at least 4 members (excludes halogenated alkanes) is 46. The normalized spacial score (nSPS) is 18.3. The molecule has 0 aromatic carbocycles. The van der Waals surface area contributed by atoms with E-state index in [1.165, 1.54) is 225 Å². The highest BCUT2D eigenvalue weighted by molar-refractivity contribution is 5.80. The summed E-state index contributed by atoms with van der Waals surface area (Å²) in [7, 11) is 0. The van der Waals surface area contributed by atoms with Crippen LogP contribution in [0.5, 0.6) is 0 Å². The number of hydrogen-bond donors (Lipinski definition) is 6. The lowest BCUT2D eigenvalue weighted by Crippen LogP contribution is -2.61. The second kappa shape index (κ2) is 67.3. The SMILES string of the molecule is CCCCC/C=C\C/C=C\C/C=C\C/C=C\CCCCCCCCCC(=O)OC1C(OCC(NC(=O)C(O)CCCCCCCCCCCCCCCCCCCCCCCCCCCC)C(O)/C=C/CCCCCCCCCCCCC)OC(CO)C(O)C1O. The third kappa shape index (κ3) is 54.2. The Morgan fingerprint density at radius 3 is 1.15 bits per heavy atom. The Balaban J connectivity index is 2.53. The highest BCUT2D eigenvalue weighted by Crippen LogP contribution is 2.27. The highest BCUT2D eigenvalue weighted by Gasteiger charge is 2.47. The minimum Gasteiger partial charge on any atom is -0.454 e. The second-order valence-corrected chi connectivity index (χ2v) is 27.1. The summed E-state index contributed by atoms with van der Waals surface area (Å²) in [5.41, 5.74) is 0. The van der Waals surface area contributed by atoms with E-state index in [0.717, 1.165) is 103 Å². The summed E-state index contributed by atoms with van der Waals surface area (Å²) in [4.78, 5) is 26.8. The number of ether oxygens (including phenoxy) is 3. The first-order valence-electron chi connectivity index (χ1n) is 39.1. The van der Waals surface area contributed by atoms with E-state index in [2.05, 4.69) is 74.7 Å². The van der Waals surface area contributed by atoms with Crippen LogP contribution in [0, 0.1) is 0 Å². The monoisotopic (exact) mass is 1280 g/mol. The maximum atomic E-state index is 13.5.